The molecule has 1 aliphatic rings. The fraction of sp³-hybridized carbons (Fsp3) is 0.323. The van der Waals surface area contributed by atoms with Gasteiger partial charge >= 0.3 is 23.7 Å². The van der Waals surface area contributed by atoms with Gasteiger partial charge in [0.05, 0.1) is 16.7 Å². The minimum Gasteiger partial charge on any atom is -0.459 e. The Morgan fingerprint density at radius 2 is 1.63 bits per heavy atom. The van der Waals surface area contributed by atoms with Crippen LogP contribution in [-0.4, -0.2) is 58.5 Å². The van der Waals surface area contributed by atoms with Crippen molar-refractivity contribution in [1.29, 1.82) is 0 Å². The molecule has 1 aromatic heterocycles. The molecule has 2 heterocycles. The molecule has 2 aromatic carbocycles. The van der Waals surface area contributed by atoms with Crippen molar-refractivity contribution in [2.24, 2.45) is 0 Å². The number of rotatable bonds is 9. The third-order valence-electron chi connectivity index (χ3n) is 6.20. The number of amides is 1. The second-order valence-corrected chi connectivity index (χ2v) is 10.7. The molecule has 0 aliphatic carbocycles. The van der Waals surface area contributed by atoms with Gasteiger partial charge in [-0.1, -0.05) is 48.6 Å². The van der Waals surface area contributed by atoms with Crippen molar-refractivity contribution in [1.82, 2.24) is 14.9 Å². The van der Waals surface area contributed by atoms with Gasteiger partial charge in [-0.05, 0) is 45.0 Å². The highest BCUT2D eigenvalue weighted by molar-refractivity contribution is 5.90. The lowest BCUT2D eigenvalue weighted by molar-refractivity contribution is -0.0582. The first-order valence-corrected chi connectivity index (χ1v) is 13.6. The van der Waals surface area contributed by atoms with Crippen LogP contribution in [0.5, 0.6) is 0 Å². The largest absolute Gasteiger partial charge is 0.459 e. The highest BCUT2D eigenvalue weighted by atomic mass is 16.6. The van der Waals surface area contributed by atoms with Gasteiger partial charge in [0.15, 0.2) is 0 Å². The molecule has 226 valence electrons. The summed E-state index contributed by atoms with van der Waals surface area (Å²) in [6.45, 7) is 5.03. The smallest absolute Gasteiger partial charge is 0.407 e. The Bertz CT molecular complexity index is 1570. The van der Waals surface area contributed by atoms with Crippen LogP contribution >= 0.6 is 0 Å². The molecule has 1 fully saturated rings. The van der Waals surface area contributed by atoms with Gasteiger partial charge in [0.25, 0.3) is 5.56 Å². The highest BCUT2D eigenvalue weighted by Gasteiger charge is 2.40. The quantitative estimate of drug-likeness (QED) is 0.281. The van der Waals surface area contributed by atoms with Gasteiger partial charge in [0.2, 0.25) is 0 Å². The van der Waals surface area contributed by atoms with Crippen molar-refractivity contribution in [3.63, 3.8) is 0 Å². The van der Waals surface area contributed by atoms with Crippen LogP contribution in [0.15, 0.2) is 82.5 Å². The van der Waals surface area contributed by atoms with Crippen LogP contribution in [0.1, 0.15) is 59.7 Å². The molecule has 12 heteroatoms. The van der Waals surface area contributed by atoms with Gasteiger partial charge < -0.3 is 24.3 Å². The summed E-state index contributed by atoms with van der Waals surface area (Å²) in [6.07, 6.45) is 0.961. The molecule has 3 aromatic rings. The summed E-state index contributed by atoms with van der Waals surface area (Å²) in [4.78, 5) is 64.7. The summed E-state index contributed by atoms with van der Waals surface area (Å²) in [5.74, 6) is -1.20. The molecule has 0 bridgehead atoms. The van der Waals surface area contributed by atoms with E-state index in [1.54, 1.807) is 81.4 Å². The molecular weight excluding hydrogens is 558 g/mol. The second kappa shape index (κ2) is 13.8. The topological polar surface area (TPSA) is 155 Å². The number of nitrogens with zero attached hydrogens (tertiary/aromatic N) is 1. The first-order valence-electron chi connectivity index (χ1n) is 13.6. The van der Waals surface area contributed by atoms with E-state index in [0.29, 0.717) is 11.1 Å². The molecule has 0 unspecified atom stereocenters. The molecule has 3 atom stereocenters. The fourth-order valence-corrected chi connectivity index (χ4v) is 4.22. The number of H-pyrrole nitrogens is 1. The van der Waals surface area contributed by atoms with Crippen molar-refractivity contribution >= 4 is 24.1 Å². The lowest BCUT2D eigenvalue weighted by atomic mass is 10.1. The number of alkyl carbamates (subject to hydrolysis) is 1. The van der Waals surface area contributed by atoms with Crippen LogP contribution in [0.3, 0.4) is 0 Å². The van der Waals surface area contributed by atoms with Gasteiger partial charge in [-0.3, -0.25) is 14.3 Å². The fourth-order valence-electron chi connectivity index (χ4n) is 4.22. The predicted octanol–water partition coefficient (Wildman–Crippen LogP) is 3.44. The van der Waals surface area contributed by atoms with E-state index in [1.807, 2.05) is 0 Å². The number of hydrogen-bond acceptors (Lipinski definition) is 9. The Hall–Kier alpha value is -4.97. The summed E-state index contributed by atoms with van der Waals surface area (Å²) < 4.78 is 23.6. The van der Waals surface area contributed by atoms with Gasteiger partial charge in [-0.2, -0.15) is 0 Å². The standard InChI is InChI=1S/C31H33N3O9/c1-31(2,3)43-30(39)32-16-10-15-22-18-34(29(38)33-26(22)35)25-17-23(42-28(37)21-13-8-5-9-14-21)24(41-25)19-40-27(36)20-11-6-4-7-12-20/h4-15,18,23-25H,16-17,19H2,1-3H3,(H,32,39)(H,33,35,38)/b15-10+/t23-,24+,25+/m0/s1. The van der Waals surface area contributed by atoms with E-state index in [-0.39, 0.29) is 25.1 Å². The number of carbonyl (C=O) groups is 3. The van der Waals surface area contributed by atoms with E-state index in [4.69, 9.17) is 18.9 Å². The average Bonchev–Trinajstić information content (AvgIpc) is 3.36. The lowest BCUT2D eigenvalue weighted by Gasteiger charge is -2.19. The molecule has 1 amide bonds. The Morgan fingerprint density at radius 3 is 2.26 bits per heavy atom. The highest BCUT2D eigenvalue weighted by Crippen LogP contribution is 2.31. The Kier molecular flexibility index (Phi) is 9.94. The molecule has 0 saturated carbocycles. The monoisotopic (exact) mass is 591 g/mol. The Balaban J connectivity index is 1.50. The maximum Gasteiger partial charge on any atom is 0.407 e. The van der Waals surface area contributed by atoms with Crippen LogP contribution in [0, 0.1) is 0 Å². The van der Waals surface area contributed by atoms with Gasteiger partial charge in [-0.15, -0.1) is 0 Å². The first-order chi connectivity index (χ1) is 20.5. The number of benzene rings is 2. The molecule has 0 spiro atoms. The maximum atomic E-state index is 12.8. The summed E-state index contributed by atoms with van der Waals surface area (Å²) in [7, 11) is 0. The molecule has 1 saturated heterocycles. The zero-order valence-corrected chi connectivity index (χ0v) is 24.0. The average molecular weight is 592 g/mol. The molecule has 0 radical (unpaired) electrons. The van der Waals surface area contributed by atoms with Crippen molar-refractivity contribution in [2.45, 2.75) is 51.2 Å². The number of aromatic amines is 1. The Labute approximate surface area is 247 Å². The number of ether oxygens (including phenoxy) is 4. The summed E-state index contributed by atoms with van der Waals surface area (Å²) in [6, 6.07) is 16.7. The minimum absolute atomic E-state index is 0.0431. The van der Waals surface area contributed by atoms with Crippen LogP contribution in [0.4, 0.5) is 4.79 Å². The minimum atomic E-state index is -0.953. The molecule has 4 rings (SSSR count). The number of hydrogen-bond donors (Lipinski definition) is 2. The molecule has 2 N–H and O–H groups in total. The number of aromatic nitrogens is 2. The third kappa shape index (κ3) is 8.76. The summed E-state index contributed by atoms with van der Waals surface area (Å²) >= 11 is 0. The maximum absolute atomic E-state index is 12.8. The lowest BCUT2D eigenvalue weighted by Crippen LogP contribution is -2.34. The molecular formula is C31H33N3O9. The number of nitrogens with one attached hydrogen (secondary N) is 2. The van der Waals surface area contributed by atoms with Crippen LogP contribution in [0.25, 0.3) is 6.08 Å². The number of esters is 2. The first kappa shape index (κ1) is 31.0. The van der Waals surface area contributed by atoms with Gasteiger partial charge in [-0.25, -0.2) is 19.2 Å². The van der Waals surface area contributed by atoms with Crippen molar-refractivity contribution in [3.05, 3.63) is 110 Å². The molecule has 43 heavy (non-hydrogen) atoms. The normalized spacial score (nSPS) is 18.3. The molecule has 1 aliphatic heterocycles. The summed E-state index contributed by atoms with van der Waals surface area (Å²) in [5.41, 5.74) is -1.27. The zero-order valence-electron chi connectivity index (χ0n) is 24.0. The number of carbonyl (C=O) groups excluding carboxylic acids is 3. The van der Waals surface area contributed by atoms with E-state index in [2.05, 4.69) is 10.3 Å². The second-order valence-electron chi connectivity index (χ2n) is 10.7. The van der Waals surface area contributed by atoms with E-state index in [0.717, 1.165) is 0 Å². The van der Waals surface area contributed by atoms with Crippen molar-refractivity contribution in [2.75, 3.05) is 13.2 Å². The molecule has 12 nitrogen and oxygen atoms in total. The van der Waals surface area contributed by atoms with Gasteiger partial charge in [0.1, 0.15) is 30.6 Å². The zero-order chi connectivity index (χ0) is 31.0. The Morgan fingerprint density at radius 1 is 1.00 bits per heavy atom. The van der Waals surface area contributed by atoms with E-state index in [9.17, 15) is 24.0 Å². The SMILES string of the molecule is CC(C)(C)OC(=O)NC/C=C/c1cn([C@H]2C[C@H](OC(=O)c3ccccc3)[C@@H](COC(=O)c3ccccc3)O2)c(=O)[nH]c1=O. The summed E-state index contributed by atoms with van der Waals surface area (Å²) in [5, 5.41) is 2.54. The predicted molar refractivity (Wildman–Crippen MR) is 155 cm³/mol. The van der Waals surface area contributed by atoms with Crippen molar-refractivity contribution < 1.29 is 33.3 Å². The van der Waals surface area contributed by atoms with Crippen molar-refractivity contribution in [3.8, 4) is 0 Å². The third-order valence-corrected chi connectivity index (χ3v) is 6.20. The van der Waals surface area contributed by atoms with E-state index < -0.39 is 53.3 Å². The van der Waals surface area contributed by atoms with E-state index in [1.165, 1.54) is 22.9 Å². The van der Waals surface area contributed by atoms with E-state index >= 15 is 0 Å². The van der Waals surface area contributed by atoms with Crippen LogP contribution < -0.4 is 16.6 Å². The van der Waals surface area contributed by atoms with Gasteiger partial charge in [0, 0.05) is 19.2 Å². The van der Waals surface area contributed by atoms with Crippen LogP contribution in [-0.2, 0) is 18.9 Å². The van der Waals surface area contributed by atoms with Crippen LogP contribution in [0.2, 0.25) is 0 Å².